The molecule has 0 amide bonds. The molecule has 1 aromatic rings. The molecule has 0 aromatic heterocycles. The van der Waals surface area contributed by atoms with Crippen LogP contribution in [0.2, 0.25) is 0 Å². The molecule has 0 saturated heterocycles. The van der Waals surface area contributed by atoms with Crippen LogP contribution in [0.3, 0.4) is 0 Å². The fraction of sp³-hybridized carbons (Fsp3) is 0.533. The first-order chi connectivity index (χ1) is 8.76. The quantitative estimate of drug-likeness (QED) is 0.313. The van der Waals surface area contributed by atoms with E-state index < -0.39 is 0 Å². The number of hydrogen-bond donors (Lipinski definition) is 1. The molecule has 0 heterocycles. The van der Waals surface area contributed by atoms with Crippen LogP contribution in [-0.2, 0) is 12.8 Å². The zero-order chi connectivity index (χ0) is 13.2. The zero-order valence-corrected chi connectivity index (χ0v) is 11.8. The Kier molecular flexibility index (Phi) is 7.51. The van der Waals surface area contributed by atoms with Gasteiger partial charge in [0.25, 0.3) is 0 Å². The Morgan fingerprint density at radius 3 is 2.22 bits per heavy atom. The number of nitrogens with zero attached hydrogens (tertiary/aromatic N) is 1. The number of halogens is 1. The summed E-state index contributed by atoms with van der Waals surface area (Å²) < 4.78 is 0. The molecule has 0 aliphatic carbocycles. The van der Waals surface area contributed by atoms with Gasteiger partial charge >= 0.3 is 0 Å². The Hall–Kier alpha value is -1.02. The van der Waals surface area contributed by atoms with E-state index in [4.69, 9.17) is 16.8 Å². The summed E-state index contributed by atoms with van der Waals surface area (Å²) in [5, 5.41) is 11.7. The summed E-state index contributed by atoms with van der Waals surface area (Å²) >= 11 is 5.64. The topological polar surface area (TPSA) is 32.6 Å². The van der Waals surface area contributed by atoms with E-state index in [9.17, 15) is 0 Å². The molecule has 100 valence electrons. The van der Waals surface area contributed by atoms with E-state index in [1.54, 1.807) is 0 Å². The predicted molar refractivity (Wildman–Crippen MR) is 77.7 cm³/mol. The summed E-state index contributed by atoms with van der Waals surface area (Å²) in [6.45, 7) is 2.23. The van der Waals surface area contributed by atoms with Crippen molar-refractivity contribution in [3.05, 3.63) is 35.4 Å². The third-order valence-electron chi connectivity index (χ3n) is 3.07. The first-order valence-corrected chi connectivity index (χ1v) is 7.08. The van der Waals surface area contributed by atoms with E-state index in [1.165, 1.54) is 43.2 Å². The monoisotopic (exact) mass is 267 g/mol. The molecule has 2 nitrogen and oxygen atoms in total. The van der Waals surface area contributed by atoms with Crippen LogP contribution in [0.15, 0.2) is 29.4 Å². The van der Waals surface area contributed by atoms with Gasteiger partial charge in [-0.15, -0.1) is 0 Å². The SMILES string of the molecule is CCCCCCc1ccc(CCC(Cl)=NO)cc1. The second-order valence-corrected chi connectivity index (χ2v) is 5.04. The van der Waals surface area contributed by atoms with Crippen LogP contribution >= 0.6 is 11.6 Å². The summed E-state index contributed by atoms with van der Waals surface area (Å²) in [7, 11) is 0. The Bertz CT molecular complexity index is 359. The summed E-state index contributed by atoms with van der Waals surface area (Å²) in [5.74, 6) is 0. The lowest BCUT2D eigenvalue weighted by Gasteiger charge is -2.04. The Balaban J connectivity index is 2.33. The average molecular weight is 268 g/mol. The van der Waals surface area contributed by atoms with Gasteiger partial charge in [0.1, 0.15) is 5.17 Å². The molecule has 0 aliphatic rings. The van der Waals surface area contributed by atoms with Crippen molar-refractivity contribution in [1.29, 1.82) is 0 Å². The van der Waals surface area contributed by atoms with Crippen molar-refractivity contribution in [3.63, 3.8) is 0 Å². The summed E-state index contributed by atoms with van der Waals surface area (Å²) in [4.78, 5) is 0. The number of aryl methyl sites for hydroxylation is 2. The highest BCUT2D eigenvalue weighted by Crippen LogP contribution is 2.11. The van der Waals surface area contributed by atoms with Crippen molar-refractivity contribution in [1.82, 2.24) is 0 Å². The van der Waals surface area contributed by atoms with Gasteiger partial charge in [-0.05, 0) is 30.4 Å². The number of oxime groups is 1. The van der Waals surface area contributed by atoms with Gasteiger partial charge in [0, 0.05) is 6.42 Å². The zero-order valence-electron chi connectivity index (χ0n) is 11.0. The molecule has 0 spiro atoms. The van der Waals surface area contributed by atoms with Crippen molar-refractivity contribution in [2.75, 3.05) is 0 Å². The average Bonchev–Trinajstić information content (AvgIpc) is 2.42. The molecule has 3 heteroatoms. The van der Waals surface area contributed by atoms with Gasteiger partial charge < -0.3 is 5.21 Å². The van der Waals surface area contributed by atoms with E-state index in [-0.39, 0.29) is 5.17 Å². The highest BCUT2D eigenvalue weighted by Gasteiger charge is 1.99. The number of hydrogen-bond acceptors (Lipinski definition) is 2. The summed E-state index contributed by atoms with van der Waals surface area (Å²) in [6.07, 6.45) is 7.78. The Morgan fingerprint density at radius 1 is 1.06 bits per heavy atom. The minimum Gasteiger partial charge on any atom is -0.410 e. The van der Waals surface area contributed by atoms with Gasteiger partial charge in [-0.3, -0.25) is 0 Å². The fourth-order valence-electron chi connectivity index (χ4n) is 1.93. The lowest BCUT2D eigenvalue weighted by Crippen LogP contribution is -1.93. The molecule has 0 fully saturated rings. The molecular weight excluding hydrogens is 246 g/mol. The van der Waals surface area contributed by atoms with Gasteiger partial charge in [-0.2, -0.15) is 0 Å². The van der Waals surface area contributed by atoms with E-state index >= 15 is 0 Å². The summed E-state index contributed by atoms with van der Waals surface area (Å²) in [6, 6.07) is 8.64. The third kappa shape index (κ3) is 6.06. The predicted octanol–water partition coefficient (Wildman–Crippen LogP) is 4.77. The van der Waals surface area contributed by atoms with E-state index in [0.29, 0.717) is 6.42 Å². The number of unbranched alkanes of at least 4 members (excludes halogenated alkanes) is 3. The molecule has 0 unspecified atom stereocenters. The van der Waals surface area contributed by atoms with Crippen molar-refractivity contribution in [3.8, 4) is 0 Å². The minimum absolute atomic E-state index is 0.263. The van der Waals surface area contributed by atoms with Crippen molar-refractivity contribution < 1.29 is 5.21 Å². The van der Waals surface area contributed by atoms with Gasteiger partial charge in [0.15, 0.2) is 0 Å². The fourth-order valence-corrected chi connectivity index (χ4v) is 2.02. The molecular formula is C15H22ClNO. The smallest absolute Gasteiger partial charge is 0.145 e. The highest BCUT2D eigenvalue weighted by atomic mass is 35.5. The van der Waals surface area contributed by atoms with Gasteiger partial charge in [0.2, 0.25) is 0 Å². The third-order valence-corrected chi connectivity index (χ3v) is 3.34. The van der Waals surface area contributed by atoms with Crippen molar-refractivity contribution in [2.45, 2.75) is 51.9 Å². The van der Waals surface area contributed by atoms with E-state index in [1.807, 2.05) is 0 Å². The van der Waals surface area contributed by atoms with Crippen LogP contribution in [0.1, 0.15) is 50.2 Å². The van der Waals surface area contributed by atoms with Crippen LogP contribution in [0.25, 0.3) is 0 Å². The molecule has 1 aromatic carbocycles. The lowest BCUT2D eigenvalue weighted by molar-refractivity contribution is 0.319. The Morgan fingerprint density at radius 2 is 1.67 bits per heavy atom. The summed E-state index contributed by atoms with van der Waals surface area (Å²) in [5.41, 5.74) is 2.63. The van der Waals surface area contributed by atoms with E-state index in [0.717, 1.165) is 6.42 Å². The molecule has 0 bridgehead atoms. The lowest BCUT2D eigenvalue weighted by atomic mass is 10.0. The molecule has 0 radical (unpaired) electrons. The van der Waals surface area contributed by atoms with Crippen LogP contribution in [0.5, 0.6) is 0 Å². The largest absolute Gasteiger partial charge is 0.410 e. The highest BCUT2D eigenvalue weighted by molar-refractivity contribution is 6.65. The molecule has 1 rings (SSSR count). The van der Waals surface area contributed by atoms with Gasteiger partial charge in [-0.25, -0.2) is 0 Å². The molecule has 0 aliphatic heterocycles. The van der Waals surface area contributed by atoms with Crippen LogP contribution < -0.4 is 0 Å². The maximum Gasteiger partial charge on any atom is 0.145 e. The second kappa shape index (κ2) is 8.98. The molecule has 0 saturated carbocycles. The van der Waals surface area contributed by atoms with Crippen molar-refractivity contribution >= 4 is 16.8 Å². The number of benzene rings is 1. The maximum absolute atomic E-state index is 8.45. The Labute approximate surface area is 115 Å². The van der Waals surface area contributed by atoms with E-state index in [2.05, 4.69) is 36.3 Å². The molecule has 0 atom stereocenters. The first kappa shape index (κ1) is 15.0. The maximum atomic E-state index is 8.45. The van der Waals surface area contributed by atoms with Crippen LogP contribution in [0.4, 0.5) is 0 Å². The normalized spacial score (nSPS) is 11.8. The molecule has 1 N–H and O–H groups in total. The first-order valence-electron chi connectivity index (χ1n) is 6.70. The molecule has 18 heavy (non-hydrogen) atoms. The van der Waals surface area contributed by atoms with Crippen LogP contribution in [-0.4, -0.2) is 10.4 Å². The second-order valence-electron chi connectivity index (χ2n) is 4.60. The van der Waals surface area contributed by atoms with Crippen LogP contribution in [0, 0.1) is 0 Å². The minimum atomic E-state index is 0.263. The van der Waals surface area contributed by atoms with Crippen molar-refractivity contribution in [2.24, 2.45) is 5.16 Å². The number of rotatable bonds is 8. The van der Waals surface area contributed by atoms with Gasteiger partial charge in [0.05, 0.1) is 0 Å². The standard InChI is InChI=1S/C15H22ClNO/c1-2-3-4-5-6-13-7-9-14(10-8-13)11-12-15(16)17-18/h7-10,18H,2-6,11-12H2,1H3. The van der Waals surface area contributed by atoms with Gasteiger partial charge in [-0.1, -0.05) is 67.2 Å².